The van der Waals surface area contributed by atoms with E-state index in [1.807, 2.05) is 20.8 Å². The van der Waals surface area contributed by atoms with Gasteiger partial charge in [0.15, 0.2) is 5.96 Å². The van der Waals surface area contributed by atoms with Crippen molar-refractivity contribution >= 4 is 29.2 Å². The quantitative estimate of drug-likeness (QED) is 0.841. The van der Waals surface area contributed by atoms with Crippen LogP contribution in [-0.2, 0) is 4.74 Å². The van der Waals surface area contributed by atoms with Crippen LogP contribution in [0.5, 0.6) is 0 Å². The molecule has 6 heteroatoms. The minimum atomic E-state index is -0.368. The average Bonchev–Trinajstić information content (AvgIpc) is 2.85. The van der Waals surface area contributed by atoms with Crippen LogP contribution in [0.25, 0.3) is 0 Å². The zero-order chi connectivity index (χ0) is 14.7. The topological polar surface area (TPSA) is 62.7 Å². The molecule has 1 aromatic rings. The van der Waals surface area contributed by atoms with E-state index in [-0.39, 0.29) is 12.1 Å². The van der Waals surface area contributed by atoms with Gasteiger partial charge in [-0.3, -0.25) is 4.99 Å². The maximum atomic E-state index is 11.9. The highest BCUT2D eigenvalue weighted by Gasteiger charge is 2.15. The van der Waals surface area contributed by atoms with Crippen molar-refractivity contribution in [2.75, 3.05) is 18.4 Å². The van der Waals surface area contributed by atoms with Crippen LogP contribution in [0.15, 0.2) is 17.1 Å². The van der Waals surface area contributed by atoms with E-state index >= 15 is 0 Å². The zero-order valence-electron chi connectivity index (χ0n) is 11.8. The summed E-state index contributed by atoms with van der Waals surface area (Å²) in [6, 6.07) is 3.37. The third kappa shape index (κ3) is 3.42. The summed E-state index contributed by atoms with van der Waals surface area (Å²) in [7, 11) is 0. The van der Waals surface area contributed by atoms with Crippen LogP contribution in [0.3, 0.4) is 0 Å². The second-order valence-corrected chi connectivity index (χ2v) is 5.29. The molecule has 0 fully saturated rings. The van der Waals surface area contributed by atoms with E-state index in [2.05, 4.69) is 15.6 Å². The number of esters is 1. The zero-order valence-corrected chi connectivity index (χ0v) is 12.5. The maximum absolute atomic E-state index is 11.9. The minimum Gasteiger partial charge on any atom is -0.459 e. The molecule has 1 heterocycles. The molecule has 0 radical (unpaired) electrons. The summed E-state index contributed by atoms with van der Waals surface area (Å²) in [6.07, 6.45) is -0.156. The molecule has 0 aliphatic carbocycles. The van der Waals surface area contributed by atoms with Crippen molar-refractivity contribution in [3.05, 3.63) is 28.3 Å². The number of aryl methyl sites for hydroxylation is 1. The number of hydrogen-bond donors (Lipinski definition) is 2. The molecule has 0 unspecified atom stereocenters. The van der Waals surface area contributed by atoms with Crippen molar-refractivity contribution in [3.8, 4) is 0 Å². The van der Waals surface area contributed by atoms with Gasteiger partial charge in [-0.15, -0.1) is 0 Å². The Balaban J connectivity index is 2.22. The highest BCUT2D eigenvalue weighted by molar-refractivity contribution is 6.34. The van der Waals surface area contributed by atoms with Crippen LogP contribution in [-0.4, -0.2) is 31.1 Å². The van der Waals surface area contributed by atoms with Crippen LogP contribution in [0.2, 0.25) is 5.02 Å². The number of benzene rings is 1. The molecule has 0 amide bonds. The van der Waals surface area contributed by atoms with E-state index in [9.17, 15) is 4.79 Å². The lowest BCUT2D eigenvalue weighted by atomic mass is 10.1. The van der Waals surface area contributed by atoms with Crippen molar-refractivity contribution in [1.29, 1.82) is 0 Å². The first-order chi connectivity index (χ1) is 9.47. The van der Waals surface area contributed by atoms with E-state index in [1.54, 1.807) is 12.1 Å². The number of carbonyl (C=O) groups excluding carboxylic acids is 1. The first kappa shape index (κ1) is 14.7. The number of ether oxygens (including phenoxy) is 1. The predicted octanol–water partition coefficient (Wildman–Crippen LogP) is 2.58. The SMILES string of the molecule is Cc1cc(C(=O)OC(C)C)cc(Cl)c1NC1=NCCN1. The standard InChI is InChI=1S/C14H18ClN3O2/c1-8(2)20-13(19)10-6-9(3)12(11(15)7-10)18-14-16-4-5-17-14/h6-8H,4-5H2,1-3H3,(H2,16,17,18). The molecule has 0 spiro atoms. The van der Waals surface area contributed by atoms with E-state index in [4.69, 9.17) is 16.3 Å². The highest BCUT2D eigenvalue weighted by atomic mass is 35.5. The molecule has 20 heavy (non-hydrogen) atoms. The second-order valence-electron chi connectivity index (χ2n) is 4.89. The molecule has 0 saturated heterocycles. The number of rotatable bonds is 3. The molecule has 2 N–H and O–H groups in total. The van der Waals surface area contributed by atoms with Crippen molar-refractivity contribution in [2.45, 2.75) is 26.9 Å². The first-order valence-electron chi connectivity index (χ1n) is 6.54. The molecule has 5 nitrogen and oxygen atoms in total. The average molecular weight is 296 g/mol. The second kappa shape index (κ2) is 6.13. The molecule has 1 aliphatic heterocycles. The van der Waals surface area contributed by atoms with Gasteiger partial charge in [0.2, 0.25) is 0 Å². The summed E-state index contributed by atoms with van der Waals surface area (Å²) in [5, 5.41) is 6.72. The number of nitrogens with zero attached hydrogens (tertiary/aromatic N) is 1. The van der Waals surface area contributed by atoms with Crippen molar-refractivity contribution < 1.29 is 9.53 Å². The summed E-state index contributed by atoms with van der Waals surface area (Å²) >= 11 is 6.24. The first-order valence-corrected chi connectivity index (χ1v) is 6.91. The van der Waals surface area contributed by atoms with Gasteiger partial charge in [-0.05, 0) is 38.5 Å². The number of hydrogen-bond acceptors (Lipinski definition) is 5. The number of nitrogens with one attached hydrogen (secondary N) is 2. The summed E-state index contributed by atoms with van der Waals surface area (Å²) in [5.41, 5.74) is 2.07. The molecule has 1 aliphatic rings. The van der Waals surface area contributed by atoms with Gasteiger partial charge in [0.25, 0.3) is 0 Å². The number of halogens is 1. The molecule has 1 aromatic carbocycles. The molecular formula is C14H18ClN3O2. The van der Waals surface area contributed by atoms with Crippen LogP contribution in [0, 0.1) is 6.92 Å². The van der Waals surface area contributed by atoms with Crippen molar-refractivity contribution in [3.63, 3.8) is 0 Å². The molecule has 108 valence electrons. The molecule has 0 saturated carbocycles. The lowest BCUT2D eigenvalue weighted by Gasteiger charge is -2.14. The summed E-state index contributed by atoms with van der Waals surface area (Å²) < 4.78 is 5.17. The Morgan fingerprint density at radius 2 is 2.25 bits per heavy atom. The molecular weight excluding hydrogens is 278 g/mol. The monoisotopic (exact) mass is 295 g/mol. The third-order valence-electron chi connectivity index (χ3n) is 2.78. The van der Waals surface area contributed by atoms with Crippen LogP contribution in [0.4, 0.5) is 5.69 Å². The van der Waals surface area contributed by atoms with Crippen molar-refractivity contribution in [1.82, 2.24) is 5.32 Å². The van der Waals surface area contributed by atoms with E-state index in [0.717, 1.165) is 24.3 Å². The van der Waals surface area contributed by atoms with Gasteiger partial charge in [-0.1, -0.05) is 11.6 Å². The molecule has 0 bridgehead atoms. The molecule has 2 rings (SSSR count). The Morgan fingerprint density at radius 3 is 2.80 bits per heavy atom. The molecule has 0 aromatic heterocycles. The predicted molar refractivity (Wildman–Crippen MR) is 80.7 cm³/mol. The number of guanidine groups is 1. The lowest BCUT2D eigenvalue weighted by molar-refractivity contribution is 0.0378. The van der Waals surface area contributed by atoms with Crippen molar-refractivity contribution in [2.24, 2.45) is 4.99 Å². The number of anilines is 1. The van der Waals surface area contributed by atoms with Crippen LogP contribution >= 0.6 is 11.6 Å². The van der Waals surface area contributed by atoms with Crippen LogP contribution < -0.4 is 10.6 Å². The van der Waals surface area contributed by atoms with E-state index in [1.165, 1.54) is 0 Å². The van der Waals surface area contributed by atoms with Gasteiger partial charge in [-0.25, -0.2) is 4.79 Å². The van der Waals surface area contributed by atoms with E-state index < -0.39 is 0 Å². The fourth-order valence-corrected chi connectivity index (χ4v) is 2.22. The fourth-order valence-electron chi connectivity index (χ4n) is 1.90. The molecule has 0 atom stereocenters. The van der Waals surface area contributed by atoms with Gasteiger partial charge in [0.1, 0.15) is 0 Å². The maximum Gasteiger partial charge on any atom is 0.338 e. The Hall–Kier alpha value is -1.75. The van der Waals surface area contributed by atoms with Gasteiger partial charge < -0.3 is 15.4 Å². The van der Waals surface area contributed by atoms with Gasteiger partial charge in [-0.2, -0.15) is 0 Å². The van der Waals surface area contributed by atoms with Crippen LogP contribution in [0.1, 0.15) is 29.8 Å². The Labute approximate surface area is 123 Å². The third-order valence-corrected chi connectivity index (χ3v) is 3.08. The van der Waals surface area contributed by atoms with E-state index in [0.29, 0.717) is 16.5 Å². The lowest BCUT2D eigenvalue weighted by Crippen LogP contribution is -2.26. The summed E-state index contributed by atoms with van der Waals surface area (Å²) in [6.45, 7) is 7.07. The highest BCUT2D eigenvalue weighted by Crippen LogP contribution is 2.28. The summed E-state index contributed by atoms with van der Waals surface area (Å²) in [4.78, 5) is 16.1. The Morgan fingerprint density at radius 1 is 1.50 bits per heavy atom. The van der Waals surface area contributed by atoms with Gasteiger partial charge in [0.05, 0.1) is 28.9 Å². The fraction of sp³-hybridized carbons (Fsp3) is 0.429. The normalized spacial score (nSPS) is 13.9. The smallest absolute Gasteiger partial charge is 0.338 e. The Kier molecular flexibility index (Phi) is 4.49. The summed E-state index contributed by atoms with van der Waals surface area (Å²) in [5.74, 6) is 0.334. The number of aliphatic imine (C=N–C) groups is 1. The minimum absolute atomic E-state index is 0.156. The Bertz CT molecular complexity index is 532. The van der Waals surface area contributed by atoms with Gasteiger partial charge >= 0.3 is 5.97 Å². The largest absolute Gasteiger partial charge is 0.459 e. The van der Waals surface area contributed by atoms with Gasteiger partial charge in [0, 0.05) is 6.54 Å². The number of carbonyl (C=O) groups is 1.